The van der Waals surface area contributed by atoms with Gasteiger partial charge in [0.2, 0.25) is 5.91 Å². The molecule has 35 heavy (non-hydrogen) atoms. The smallest absolute Gasteiger partial charge is 0.303 e. The first-order valence-corrected chi connectivity index (χ1v) is 12.7. The number of likely N-dealkylation sites (N-methyl/N-ethyl adjacent to an activating group) is 1. The Morgan fingerprint density at radius 1 is 1.26 bits per heavy atom. The average Bonchev–Trinajstić information content (AvgIpc) is 3.36. The largest absolute Gasteiger partial charge is 0.497 e. The molecule has 1 aromatic rings. The van der Waals surface area contributed by atoms with Crippen molar-refractivity contribution in [3.63, 3.8) is 0 Å². The van der Waals surface area contributed by atoms with Crippen molar-refractivity contribution in [2.45, 2.75) is 69.2 Å². The van der Waals surface area contributed by atoms with E-state index < -0.39 is 34.5 Å². The second-order valence-electron chi connectivity index (χ2n) is 10.6. The first-order valence-electron chi connectivity index (χ1n) is 12.7. The summed E-state index contributed by atoms with van der Waals surface area (Å²) in [6, 6.07) is 5.81. The maximum atomic E-state index is 12.8. The summed E-state index contributed by atoms with van der Waals surface area (Å²) in [4.78, 5) is 29.5. The van der Waals surface area contributed by atoms with E-state index in [-0.39, 0.29) is 18.5 Å². The summed E-state index contributed by atoms with van der Waals surface area (Å²) in [5.41, 5.74) is -0.334. The summed E-state index contributed by atoms with van der Waals surface area (Å²) < 4.78 is 11.6. The highest BCUT2D eigenvalue weighted by atomic mass is 16.6. The number of benzene rings is 1. The van der Waals surface area contributed by atoms with Crippen LogP contribution in [0.3, 0.4) is 0 Å². The van der Waals surface area contributed by atoms with Crippen LogP contribution >= 0.6 is 0 Å². The lowest BCUT2D eigenvalue weighted by molar-refractivity contribution is -0.217. The molecule has 1 aromatic carbocycles. The highest BCUT2D eigenvalue weighted by Crippen LogP contribution is 2.67. The van der Waals surface area contributed by atoms with Gasteiger partial charge >= 0.3 is 5.97 Å². The molecule has 1 amide bonds. The zero-order valence-electron chi connectivity index (χ0n) is 21.3. The third-order valence-electron chi connectivity index (χ3n) is 9.11. The van der Waals surface area contributed by atoms with Gasteiger partial charge in [0.15, 0.2) is 0 Å². The molecule has 190 valence electrons. The predicted molar refractivity (Wildman–Crippen MR) is 133 cm³/mol. The van der Waals surface area contributed by atoms with Crippen LogP contribution in [-0.2, 0) is 19.7 Å². The highest BCUT2D eigenvalue weighted by molar-refractivity contribution is 5.76. The van der Waals surface area contributed by atoms with Crippen LogP contribution in [-0.4, -0.2) is 79.5 Å². The topological polar surface area (TPSA) is 91.3 Å². The van der Waals surface area contributed by atoms with E-state index in [0.29, 0.717) is 12.8 Å². The summed E-state index contributed by atoms with van der Waals surface area (Å²) in [6.45, 7) is 7.01. The van der Waals surface area contributed by atoms with Crippen LogP contribution in [0.15, 0.2) is 30.4 Å². The Labute approximate surface area is 207 Å². The summed E-state index contributed by atoms with van der Waals surface area (Å²) in [5.74, 6) is 0.179. The van der Waals surface area contributed by atoms with Crippen molar-refractivity contribution >= 4 is 17.6 Å². The highest BCUT2D eigenvalue weighted by Gasteiger charge is 2.77. The van der Waals surface area contributed by atoms with E-state index in [4.69, 9.17) is 9.47 Å². The van der Waals surface area contributed by atoms with Gasteiger partial charge in [-0.05, 0) is 31.0 Å². The average molecular weight is 484 g/mol. The van der Waals surface area contributed by atoms with Gasteiger partial charge in [-0.2, -0.15) is 0 Å². The fourth-order valence-electron chi connectivity index (χ4n) is 8.01. The number of ether oxygens (including phenoxy) is 2. The van der Waals surface area contributed by atoms with Crippen LogP contribution in [0.4, 0.5) is 5.69 Å². The van der Waals surface area contributed by atoms with Crippen LogP contribution in [0.25, 0.3) is 0 Å². The molecule has 8 heteroatoms. The molecule has 1 aliphatic carbocycles. The van der Waals surface area contributed by atoms with E-state index in [1.807, 2.05) is 19.2 Å². The van der Waals surface area contributed by atoms with Crippen LogP contribution < -0.4 is 15.0 Å². The molecule has 1 spiro atoms. The number of methoxy groups -OCH3 is 1. The number of aliphatic hydroxyl groups is 1. The number of hydrogen-bond acceptors (Lipinski definition) is 7. The lowest BCUT2D eigenvalue weighted by atomic mass is 9.47. The fraction of sp³-hybridized carbons (Fsp3) is 0.630. The van der Waals surface area contributed by atoms with Gasteiger partial charge in [-0.15, -0.1) is 0 Å². The fourth-order valence-corrected chi connectivity index (χ4v) is 8.01. The normalized spacial score (nSPS) is 36.9. The first-order chi connectivity index (χ1) is 16.7. The molecule has 1 unspecified atom stereocenters. The molecule has 6 atom stereocenters. The second kappa shape index (κ2) is 8.23. The molecule has 0 bridgehead atoms. The van der Waals surface area contributed by atoms with Crippen LogP contribution in [0.5, 0.6) is 5.75 Å². The third-order valence-corrected chi connectivity index (χ3v) is 9.11. The predicted octanol–water partition coefficient (Wildman–Crippen LogP) is 1.99. The number of anilines is 1. The summed E-state index contributed by atoms with van der Waals surface area (Å²) in [7, 11) is 3.65. The van der Waals surface area contributed by atoms with Gasteiger partial charge in [-0.1, -0.05) is 32.1 Å². The van der Waals surface area contributed by atoms with Crippen molar-refractivity contribution in [1.29, 1.82) is 0 Å². The van der Waals surface area contributed by atoms with Crippen molar-refractivity contribution in [1.82, 2.24) is 10.2 Å². The number of nitrogens with one attached hydrogen (secondary N) is 1. The van der Waals surface area contributed by atoms with E-state index in [9.17, 15) is 14.7 Å². The Morgan fingerprint density at radius 3 is 2.69 bits per heavy atom. The Hall–Kier alpha value is -2.58. The van der Waals surface area contributed by atoms with Gasteiger partial charge in [-0.3, -0.25) is 14.5 Å². The first kappa shape index (κ1) is 24.1. The van der Waals surface area contributed by atoms with E-state index in [0.717, 1.165) is 30.9 Å². The van der Waals surface area contributed by atoms with Gasteiger partial charge in [0.05, 0.1) is 19.7 Å². The molecule has 0 aromatic heterocycles. The molecule has 8 nitrogen and oxygen atoms in total. The molecule has 4 aliphatic rings. The van der Waals surface area contributed by atoms with Gasteiger partial charge in [0, 0.05) is 55.6 Å². The van der Waals surface area contributed by atoms with E-state index in [1.54, 1.807) is 14.0 Å². The Balaban J connectivity index is 1.79. The molecular formula is C27H37N3O5. The SMILES string of the molecule is CCC(=O)NC[C@@]1(O)[C@H](OC(C)=O)[C@]2(CC)C=CCN3CC[C@@]4(c5ccc(OC)cc5N(C)[C@@H]14)C32. The number of esters is 1. The van der Waals surface area contributed by atoms with Crippen molar-refractivity contribution < 1.29 is 24.2 Å². The molecule has 2 fully saturated rings. The molecule has 1 saturated carbocycles. The minimum absolute atomic E-state index is 0.00180. The maximum Gasteiger partial charge on any atom is 0.303 e. The van der Waals surface area contributed by atoms with Crippen molar-refractivity contribution in [2.24, 2.45) is 5.41 Å². The zero-order chi connectivity index (χ0) is 25.2. The molecule has 5 rings (SSSR count). The molecule has 0 radical (unpaired) electrons. The van der Waals surface area contributed by atoms with Crippen molar-refractivity contribution in [3.05, 3.63) is 35.9 Å². The van der Waals surface area contributed by atoms with Gasteiger partial charge < -0.3 is 24.8 Å². The van der Waals surface area contributed by atoms with Crippen molar-refractivity contribution in [2.75, 3.05) is 38.7 Å². The number of amides is 1. The summed E-state index contributed by atoms with van der Waals surface area (Å²) in [5, 5.41) is 15.7. The number of carbonyl (C=O) groups is 2. The number of nitrogens with zero attached hydrogens (tertiary/aromatic N) is 2. The third kappa shape index (κ3) is 3.05. The van der Waals surface area contributed by atoms with E-state index in [1.165, 1.54) is 12.5 Å². The Morgan fingerprint density at radius 2 is 2.03 bits per heavy atom. The van der Waals surface area contributed by atoms with E-state index in [2.05, 4.69) is 40.3 Å². The van der Waals surface area contributed by atoms with Crippen LogP contribution in [0, 0.1) is 5.41 Å². The Kier molecular flexibility index (Phi) is 5.68. The Bertz CT molecular complexity index is 1070. The van der Waals surface area contributed by atoms with Gasteiger partial charge in [0.1, 0.15) is 17.5 Å². The monoisotopic (exact) mass is 483 g/mol. The number of fused-ring (bicyclic) bond motifs is 1. The van der Waals surface area contributed by atoms with Gasteiger partial charge in [-0.25, -0.2) is 0 Å². The second-order valence-corrected chi connectivity index (χ2v) is 10.6. The number of rotatable bonds is 6. The zero-order valence-corrected chi connectivity index (χ0v) is 21.3. The molecule has 3 aliphatic heterocycles. The lowest BCUT2D eigenvalue weighted by Gasteiger charge is -2.64. The lowest BCUT2D eigenvalue weighted by Crippen LogP contribution is -2.81. The molecule has 2 N–H and O–H groups in total. The van der Waals surface area contributed by atoms with Crippen LogP contribution in [0.2, 0.25) is 0 Å². The minimum atomic E-state index is -1.53. The minimum Gasteiger partial charge on any atom is -0.497 e. The standard InChI is InChI=1S/C27H37N3O5/c1-6-21(32)28-16-27(33)23-26(19-10-9-18(34-5)15-20(19)29(23)4)12-14-30-13-8-11-25(7-2,22(26)30)24(27)35-17(3)31/h8-11,15,22-24,33H,6-7,12-14,16H2,1-5H3,(H,28,32)/t22?,23-,24-,25-,26-,27+/m1/s1. The summed E-state index contributed by atoms with van der Waals surface area (Å²) >= 11 is 0. The molecule has 1 saturated heterocycles. The van der Waals surface area contributed by atoms with E-state index >= 15 is 0 Å². The summed E-state index contributed by atoms with van der Waals surface area (Å²) in [6.07, 6.45) is 5.37. The van der Waals surface area contributed by atoms with Crippen LogP contribution in [0.1, 0.15) is 45.6 Å². The number of carbonyl (C=O) groups excluding carboxylic acids is 2. The van der Waals surface area contributed by atoms with Crippen molar-refractivity contribution in [3.8, 4) is 5.75 Å². The quantitative estimate of drug-likeness (QED) is 0.472. The number of hydrogen-bond donors (Lipinski definition) is 2. The molecular weight excluding hydrogens is 446 g/mol. The maximum absolute atomic E-state index is 12.8. The molecule has 3 heterocycles. The van der Waals surface area contributed by atoms with Gasteiger partial charge in [0.25, 0.3) is 0 Å².